The number of amides is 1. The van der Waals surface area contributed by atoms with E-state index in [-0.39, 0.29) is 5.91 Å². The zero-order chi connectivity index (χ0) is 16.9. The number of thiophene rings is 1. The summed E-state index contributed by atoms with van der Waals surface area (Å²) >= 11 is 3.30. The van der Waals surface area contributed by atoms with Gasteiger partial charge in [0.1, 0.15) is 5.75 Å². The minimum atomic E-state index is -0.0856. The Morgan fingerprint density at radius 1 is 1.21 bits per heavy atom. The lowest BCUT2D eigenvalue weighted by Crippen LogP contribution is -2.22. The second-order valence-corrected chi connectivity index (χ2v) is 7.39. The molecule has 2 heterocycles. The van der Waals surface area contributed by atoms with Crippen LogP contribution in [0, 0.1) is 6.92 Å². The Morgan fingerprint density at radius 3 is 2.67 bits per heavy atom. The molecule has 1 amide bonds. The molecule has 4 nitrogen and oxygen atoms in total. The summed E-state index contributed by atoms with van der Waals surface area (Å²) in [5, 5.41) is 6.07. The Hall–Kier alpha value is -2.18. The van der Waals surface area contributed by atoms with Crippen molar-refractivity contribution in [2.45, 2.75) is 20.4 Å². The van der Waals surface area contributed by atoms with Gasteiger partial charge in [0.05, 0.1) is 28.7 Å². The molecule has 0 saturated heterocycles. The lowest BCUT2D eigenvalue weighted by molar-refractivity contribution is 0.0951. The average molecular weight is 358 g/mol. The highest BCUT2D eigenvalue weighted by Crippen LogP contribution is 2.28. The summed E-state index contributed by atoms with van der Waals surface area (Å²) < 4.78 is 5.38. The SMILES string of the molecule is CCOc1ccc(C(=O)NCc2ccc(-c3csc(C)n3)s2)cc1. The van der Waals surface area contributed by atoms with Crippen molar-refractivity contribution in [2.24, 2.45) is 0 Å². The maximum atomic E-state index is 12.2. The molecule has 1 N–H and O–H groups in total. The van der Waals surface area contributed by atoms with Crippen molar-refractivity contribution in [3.63, 3.8) is 0 Å². The first-order valence-corrected chi connectivity index (χ1v) is 9.37. The summed E-state index contributed by atoms with van der Waals surface area (Å²) in [5.41, 5.74) is 1.64. The fourth-order valence-electron chi connectivity index (χ4n) is 2.23. The van der Waals surface area contributed by atoms with E-state index in [4.69, 9.17) is 4.74 Å². The molecule has 24 heavy (non-hydrogen) atoms. The quantitative estimate of drug-likeness (QED) is 0.705. The van der Waals surface area contributed by atoms with Crippen molar-refractivity contribution in [3.8, 4) is 16.3 Å². The molecule has 0 saturated carbocycles. The predicted octanol–water partition coefficient (Wildman–Crippen LogP) is 4.51. The lowest BCUT2D eigenvalue weighted by Gasteiger charge is -2.06. The smallest absolute Gasteiger partial charge is 0.251 e. The van der Waals surface area contributed by atoms with Crippen molar-refractivity contribution in [3.05, 3.63) is 57.2 Å². The van der Waals surface area contributed by atoms with Crippen LogP contribution in [0.1, 0.15) is 27.2 Å². The van der Waals surface area contributed by atoms with Crippen molar-refractivity contribution in [2.75, 3.05) is 6.61 Å². The van der Waals surface area contributed by atoms with Crippen LogP contribution in [0.5, 0.6) is 5.75 Å². The Bertz CT molecular complexity index is 822. The first kappa shape index (κ1) is 16.7. The maximum Gasteiger partial charge on any atom is 0.251 e. The van der Waals surface area contributed by atoms with Crippen LogP contribution in [-0.2, 0) is 6.54 Å². The molecule has 0 atom stereocenters. The molecule has 0 spiro atoms. The number of hydrogen-bond donors (Lipinski definition) is 1. The molecule has 0 aliphatic carbocycles. The number of ether oxygens (including phenoxy) is 1. The van der Waals surface area contributed by atoms with Crippen LogP contribution in [0.4, 0.5) is 0 Å². The third-order valence-corrected chi connectivity index (χ3v) is 5.27. The summed E-state index contributed by atoms with van der Waals surface area (Å²) in [4.78, 5) is 18.9. The zero-order valence-corrected chi connectivity index (χ0v) is 15.2. The molecule has 0 aliphatic heterocycles. The average Bonchev–Trinajstić information content (AvgIpc) is 3.22. The number of aromatic nitrogens is 1. The molecule has 3 rings (SSSR count). The van der Waals surface area contributed by atoms with Gasteiger partial charge in [0.15, 0.2) is 0 Å². The number of benzene rings is 1. The highest BCUT2D eigenvalue weighted by atomic mass is 32.1. The molecule has 0 aliphatic rings. The normalized spacial score (nSPS) is 10.6. The largest absolute Gasteiger partial charge is 0.494 e. The Labute approximate surface area is 149 Å². The first-order chi connectivity index (χ1) is 11.7. The number of nitrogens with one attached hydrogen (secondary N) is 1. The van der Waals surface area contributed by atoms with Crippen molar-refractivity contribution < 1.29 is 9.53 Å². The third kappa shape index (κ3) is 4.01. The highest BCUT2D eigenvalue weighted by molar-refractivity contribution is 7.16. The van der Waals surface area contributed by atoms with Gasteiger partial charge in [-0.05, 0) is 50.2 Å². The summed E-state index contributed by atoms with van der Waals surface area (Å²) in [5.74, 6) is 0.688. The van der Waals surface area contributed by atoms with E-state index in [1.54, 1.807) is 34.8 Å². The van der Waals surface area contributed by atoms with E-state index in [9.17, 15) is 4.79 Å². The molecule has 3 aromatic rings. The number of carbonyl (C=O) groups excluding carboxylic acids is 1. The van der Waals surface area contributed by atoms with Crippen molar-refractivity contribution >= 4 is 28.6 Å². The van der Waals surface area contributed by atoms with Gasteiger partial charge in [-0.3, -0.25) is 4.79 Å². The lowest BCUT2D eigenvalue weighted by atomic mass is 10.2. The molecule has 1 aromatic carbocycles. The molecule has 2 aromatic heterocycles. The van der Waals surface area contributed by atoms with Gasteiger partial charge in [0.25, 0.3) is 5.91 Å². The van der Waals surface area contributed by atoms with Crippen molar-refractivity contribution in [1.82, 2.24) is 10.3 Å². The number of nitrogens with zero attached hydrogens (tertiary/aromatic N) is 1. The second-order valence-electron chi connectivity index (χ2n) is 5.16. The van der Waals surface area contributed by atoms with Crippen LogP contribution < -0.4 is 10.1 Å². The fourth-order valence-corrected chi connectivity index (χ4v) is 3.82. The van der Waals surface area contributed by atoms with E-state index in [1.807, 2.05) is 32.0 Å². The predicted molar refractivity (Wildman–Crippen MR) is 98.9 cm³/mol. The zero-order valence-electron chi connectivity index (χ0n) is 13.5. The molecule has 0 unspecified atom stereocenters. The second kappa shape index (κ2) is 7.59. The molecular weight excluding hydrogens is 340 g/mol. The summed E-state index contributed by atoms with van der Waals surface area (Å²) in [7, 11) is 0. The van der Waals surface area contributed by atoms with Gasteiger partial charge in [0.2, 0.25) is 0 Å². The molecule has 6 heteroatoms. The number of rotatable bonds is 6. The number of aryl methyl sites for hydroxylation is 1. The minimum Gasteiger partial charge on any atom is -0.494 e. The van der Waals surface area contributed by atoms with Crippen LogP contribution in [0.15, 0.2) is 41.8 Å². The summed E-state index contributed by atoms with van der Waals surface area (Å²) in [6.07, 6.45) is 0. The summed E-state index contributed by atoms with van der Waals surface area (Å²) in [6, 6.07) is 11.3. The Balaban J connectivity index is 1.59. The Kier molecular flexibility index (Phi) is 5.27. The maximum absolute atomic E-state index is 12.2. The van der Waals surface area contributed by atoms with Crippen LogP contribution in [0.2, 0.25) is 0 Å². The first-order valence-electron chi connectivity index (χ1n) is 7.68. The van der Waals surface area contributed by atoms with E-state index in [0.29, 0.717) is 18.7 Å². The molecule has 124 valence electrons. The van der Waals surface area contributed by atoms with E-state index in [0.717, 1.165) is 26.2 Å². The van der Waals surface area contributed by atoms with Gasteiger partial charge in [0, 0.05) is 15.8 Å². The van der Waals surface area contributed by atoms with E-state index in [1.165, 1.54) is 0 Å². The topological polar surface area (TPSA) is 51.2 Å². The van der Waals surface area contributed by atoms with Gasteiger partial charge >= 0.3 is 0 Å². The van der Waals surface area contributed by atoms with E-state index in [2.05, 4.69) is 21.7 Å². The highest BCUT2D eigenvalue weighted by Gasteiger charge is 2.09. The van der Waals surface area contributed by atoms with Gasteiger partial charge < -0.3 is 10.1 Å². The number of hydrogen-bond acceptors (Lipinski definition) is 5. The van der Waals surface area contributed by atoms with Gasteiger partial charge in [-0.2, -0.15) is 0 Å². The Morgan fingerprint density at radius 2 is 2.00 bits per heavy atom. The fraction of sp³-hybridized carbons (Fsp3) is 0.222. The van der Waals surface area contributed by atoms with E-state index >= 15 is 0 Å². The molecular formula is C18H18N2O2S2. The molecule has 0 radical (unpaired) electrons. The number of carbonyl (C=O) groups is 1. The van der Waals surface area contributed by atoms with Gasteiger partial charge in [-0.25, -0.2) is 4.98 Å². The molecule has 0 fully saturated rings. The monoisotopic (exact) mass is 358 g/mol. The van der Waals surface area contributed by atoms with E-state index < -0.39 is 0 Å². The summed E-state index contributed by atoms with van der Waals surface area (Å²) in [6.45, 7) is 5.06. The minimum absolute atomic E-state index is 0.0856. The van der Waals surface area contributed by atoms with Crippen molar-refractivity contribution in [1.29, 1.82) is 0 Å². The van der Waals surface area contributed by atoms with Crippen LogP contribution in [0.25, 0.3) is 10.6 Å². The molecule has 0 bridgehead atoms. The van der Waals surface area contributed by atoms with Crippen LogP contribution >= 0.6 is 22.7 Å². The number of thiazole rings is 1. The standard InChI is InChI=1S/C18H18N2O2S2/c1-3-22-14-6-4-13(5-7-14)18(21)19-10-15-8-9-17(24-15)16-11-23-12(2)20-16/h4-9,11H,3,10H2,1-2H3,(H,19,21). The third-order valence-electron chi connectivity index (χ3n) is 3.38. The van der Waals surface area contributed by atoms with Crippen LogP contribution in [0.3, 0.4) is 0 Å². The van der Waals surface area contributed by atoms with Gasteiger partial charge in [-0.1, -0.05) is 0 Å². The van der Waals surface area contributed by atoms with Gasteiger partial charge in [-0.15, -0.1) is 22.7 Å². The van der Waals surface area contributed by atoms with Crippen LogP contribution in [-0.4, -0.2) is 17.5 Å².